The molecule has 0 bridgehead atoms. The Labute approximate surface area is 203 Å². The highest BCUT2D eigenvalue weighted by molar-refractivity contribution is 6.00. The maximum atomic E-state index is 12.7. The maximum Gasteiger partial charge on any atom is 0.411 e. The van der Waals surface area contributed by atoms with Gasteiger partial charge < -0.3 is 15.2 Å². The molecular formula is C27H27N3O5. The highest BCUT2D eigenvalue weighted by Gasteiger charge is 2.29. The fourth-order valence-electron chi connectivity index (χ4n) is 4.31. The summed E-state index contributed by atoms with van der Waals surface area (Å²) in [7, 11) is 0. The lowest BCUT2D eigenvalue weighted by atomic mass is 9.89. The molecule has 0 saturated heterocycles. The van der Waals surface area contributed by atoms with Gasteiger partial charge in [0.1, 0.15) is 6.61 Å². The number of carbonyl (C=O) groups is 3. The molecule has 1 aliphatic rings. The molecule has 35 heavy (non-hydrogen) atoms. The monoisotopic (exact) mass is 473 g/mol. The van der Waals surface area contributed by atoms with Crippen LogP contribution in [0.1, 0.15) is 47.8 Å². The number of nitrogens with zero attached hydrogens (tertiary/aromatic N) is 1. The van der Waals surface area contributed by atoms with Crippen molar-refractivity contribution in [3.05, 3.63) is 83.7 Å². The van der Waals surface area contributed by atoms with E-state index in [4.69, 9.17) is 9.84 Å². The van der Waals surface area contributed by atoms with Crippen LogP contribution in [0.4, 0.5) is 10.5 Å². The summed E-state index contributed by atoms with van der Waals surface area (Å²) in [6.07, 6.45) is 0.653. The summed E-state index contributed by atoms with van der Waals surface area (Å²) >= 11 is 0. The predicted octanol–water partition coefficient (Wildman–Crippen LogP) is 4.67. The molecular weight excluding hydrogens is 446 g/mol. The highest BCUT2D eigenvalue weighted by atomic mass is 16.5. The van der Waals surface area contributed by atoms with E-state index in [-0.39, 0.29) is 36.9 Å². The van der Waals surface area contributed by atoms with Crippen molar-refractivity contribution in [1.82, 2.24) is 10.3 Å². The normalized spacial score (nSPS) is 12.4. The predicted molar refractivity (Wildman–Crippen MR) is 131 cm³/mol. The first-order valence-electron chi connectivity index (χ1n) is 11.3. The number of amides is 2. The van der Waals surface area contributed by atoms with Crippen molar-refractivity contribution in [2.24, 2.45) is 5.41 Å². The van der Waals surface area contributed by atoms with E-state index >= 15 is 0 Å². The molecule has 2 amide bonds. The lowest BCUT2D eigenvalue weighted by Crippen LogP contribution is -2.36. The van der Waals surface area contributed by atoms with Crippen molar-refractivity contribution >= 4 is 23.7 Å². The molecule has 180 valence electrons. The number of aliphatic carboxylic acids is 1. The van der Waals surface area contributed by atoms with Gasteiger partial charge >= 0.3 is 12.1 Å². The second-order valence-electron chi connectivity index (χ2n) is 9.27. The van der Waals surface area contributed by atoms with E-state index in [0.29, 0.717) is 0 Å². The van der Waals surface area contributed by atoms with Crippen molar-refractivity contribution in [2.45, 2.75) is 26.2 Å². The summed E-state index contributed by atoms with van der Waals surface area (Å²) in [6, 6.07) is 19.3. The third-order valence-corrected chi connectivity index (χ3v) is 5.96. The van der Waals surface area contributed by atoms with E-state index in [1.54, 1.807) is 26.0 Å². The number of aromatic nitrogens is 1. The maximum absolute atomic E-state index is 12.7. The summed E-state index contributed by atoms with van der Waals surface area (Å²) in [5.74, 6) is -1.54. The zero-order chi connectivity index (χ0) is 25.0. The number of nitrogens with one attached hydrogen (secondary N) is 2. The Morgan fingerprint density at radius 1 is 0.971 bits per heavy atom. The topological polar surface area (TPSA) is 118 Å². The van der Waals surface area contributed by atoms with Gasteiger partial charge in [-0.15, -0.1) is 0 Å². The van der Waals surface area contributed by atoms with Crippen LogP contribution in [-0.4, -0.2) is 41.2 Å². The molecule has 0 radical (unpaired) electrons. The number of carbonyl (C=O) groups excluding carboxylic acids is 2. The molecule has 1 aliphatic carbocycles. The second-order valence-corrected chi connectivity index (χ2v) is 9.27. The van der Waals surface area contributed by atoms with Crippen LogP contribution in [0.3, 0.4) is 0 Å². The Bertz CT molecular complexity index is 1230. The number of pyridine rings is 1. The smallest absolute Gasteiger partial charge is 0.411 e. The van der Waals surface area contributed by atoms with Crippen LogP contribution in [0.5, 0.6) is 0 Å². The van der Waals surface area contributed by atoms with E-state index in [1.165, 1.54) is 6.20 Å². The number of ether oxygens (including phenoxy) is 1. The minimum atomic E-state index is -0.945. The summed E-state index contributed by atoms with van der Waals surface area (Å²) in [5.41, 5.74) is 4.06. The van der Waals surface area contributed by atoms with Crippen molar-refractivity contribution < 1.29 is 24.2 Å². The highest BCUT2D eigenvalue weighted by Crippen LogP contribution is 2.44. The molecule has 1 heterocycles. The van der Waals surface area contributed by atoms with E-state index in [2.05, 4.69) is 27.8 Å². The van der Waals surface area contributed by atoms with Gasteiger partial charge in [0.05, 0.1) is 12.1 Å². The summed E-state index contributed by atoms with van der Waals surface area (Å²) in [4.78, 5) is 40.5. The molecule has 4 rings (SSSR count). The zero-order valence-electron chi connectivity index (χ0n) is 19.6. The molecule has 3 N–H and O–H groups in total. The summed E-state index contributed by atoms with van der Waals surface area (Å²) in [6.45, 7) is 3.77. The Morgan fingerprint density at radius 3 is 2.23 bits per heavy atom. The van der Waals surface area contributed by atoms with E-state index in [9.17, 15) is 14.4 Å². The molecule has 2 aromatic carbocycles. The molecule has 0 spiro atoms. The zero-order valence-corrected chi connectivity index (χ0v) is 19.6. The number of hydrogen-bond donors (Lipinski definition) is 3. The number of carboxylic acid groups (broad SMARTS) is 1. The molecule has 8 nitrogen and oxygen atoms in total. The van der Waals surface area contributed by atoms with Crippen LogP contribution < -0.4 is 10.6 Å². The van der Waals surface area contributed by atoms with Crippen LogP contribution in [0.25, 0.3) is 11.1 Å². The third kappa shape index (κ3) is 5.48. The van der Waals surface area contributed by atoms with Gasteiger partial charge in [0.15, 0.2) is 5.69 Å². The SMILES string of the molecule is CC(C)(CNC(=O)c1ncccc1NC(=O)OCC1c2ccccc2-c2ccccc21)CC(=O)O. The standard InChI is InChI=1S/C27H27N3O5/c1-27(2,14-23(31)32)16-29-25(33)24-22(12-7-13-28-24)30-26(34)35-15-21-19-10-5-3-8-17(19)18-9-4-6-11-20(18)21/h3-13,21H,14-16H2,1-2H3,(H,29,33)(H,30,34)(H,31,32). The molecule has 1 aromatic heterocycles. The fourth-order valence-corrected chi connectivity index (χ4v) is 4.31. The number of rotatable bonds is 8. The van der Waals surface area contributed by atoms with E-state index in [0.717, 1.165) is 22.3 Å². The summed E-state index contributed by atoms with van der Waals surface area (Å²) < 4.78 is 5.56. The Kier molecular flexibility index (Phi) is 6.82. The Hall–Kier alpha value is -4.20. The average molecular weight is 474 g/mol. The summed E-state index contributed by atoms with van der Waals surface area (Å²) in [5, 5.41) is 14.3. The van der Waals surface area contributed by atoms with Gasteiger partial charge in [0.25, 0.3) is 5.91 Å². The van der Waals surface area contributed by atoms with Gasteiger partial charge in [-0.05, 0) is 39.8 Å². The Balaban J connectivity index is 1.41. The lowest BCUT2D eigenvalue weighted by molar-refractivity contribution is -0.139. The molecule has 3 aromatic rings. The molecule has 0 atom stereocenters. The van der Waals surface area contributed by atoms with Gasteiger partial charge in [-0.3, -0.25) is 14.9 Å². The van der Waals surface area contributed by atoms with Crippen LogP contribution in [0.15, 0.2) is 66.9 Å². The average Bonchev–Trinajstić information content (AvgIpc) is 3.14. The van der Waals surface area contributed by atoms with Gasteiger partial charge in [0.2, 0.25) is 0 Å². The first-order valence-corrected chi connectivity index (χ1v) is 11.3. The Morgan fingerprint density at radius 2 is 1.60 bits per heavy atom. The first kappa shape index (κ1) is 23.9. The molecule has 0 fully saturated rings. The lowest BCUT2D eigenvalue weighted by Gasteiger charge is -2.22. The van der Waals surface area contributed by atoms with Crippen molar-refractivity contribution in [2.75, 3.05) is 18.5 Å². The van der Waals surface area contributed by atoms with Crippen LogP contribution >= 0.6 is 0 Å². The molecule has 8 heteroatoms. The number of benzene rings is 2. The van der Waals surface area contributed by atoms with Crippen LogP contribution in [0, 0.1) is 5.41 Å². The third-order valence-electron chi connectivity index (χ3n) is 5.96. The van der Waals surface area contributed by atoms with E-state index in [1.807, 2.05) is 36.4 Å². The van der Waals surface area contributed by atoms with E-state index < -0.39 is 23.4 Å². The molecule has 0 aliphatic heterocycles. The number of fused-ring (bicyclic) bond motifs is 3. The molecule has 0 unspecified atom stereocenters. The number of carboxylic acids is 1. The van der Waals surface area contributed by atoms with Gasteiger partial charge in [0, 0.05) is 18.7 Å². The van der Waals surface area contributed by atoms with Gasteiger partial charge in [-0.2, -0.15) is 0 Å². The molecule has 0 saturated carbocycles. The minimum Gasteiger partial charge on any atom is -0.481 e. The largest absolute Gasteiger partial charge is 0.481 e. The first-order chi connectivity index (χ1) is 16.7. The van der Waals surface area contributed by atoms with Crippen molar-refractivity contribution in [3.63, 3.8) is 0 Å². The quantitative estimate of drug-likeness (QED) is 0.438. The van der Waals surface area contributed by atoms with Crippen molar-refractivity contribution in [3.8, 4) is 11.1 Å². The van der Waals surface area contributed by atoms with Crippen LogP contribution in [0.2, 0.25) is 0 Å². The van der Waals surface area contributed by atoms with Gasteiger partial charge in [-0.25, -0.2) is 9.78 Å². The second kappa shape index (κ2) is 9.97. The number of hydrogen-bond acceptors (Lipinski definition) is 5. The fraction of sp³-hybridized carbons (Fsp3) is 0.259. The van der Waals surface area contributed by atoms with Crippen LogP contribution in [-0.2, 0) is 9.53 Å². The van der Waals surface area contributed by atoms with Gasteiger partial charge in [-0.1, -0.05) is 62.4 Å². The minimum absolute atomic E-state index is 0.0205. The van der Waals surface area contributed by atoms with Crippen molar-refractivity contribution in [1.29, 1.82) is 0 Å². The number of anilines is 1.